The second-order valence-corrected chi connectivity index (χ2v) is 6.04. The molecule has 10 heteroatoms. The molecule has 8 nitrogen and oxygen atoms in total. The first-order valence-corrected chi connectivity index (χ1v) is 8.11. The van der Waals surface area contributed by atoms with Gasteiger partial charge in [0.2, 0.25) is 0 Å². The van der Waals surface area contributed by atoms with Crippen molar-refractivity contribution in [1.82, 2.24) is 21.0 Å². The number of halogens is 2. The molecule has 1 aliphatic heterocycles. The number of hydrazone groups is 1. The number of hydrogen-bond donors (Lipinski definition) is 3. The zero-order chi connectivity index (χ0) is 19.6. The Morgan fingerprint density at radius 1 is 1.26 bits per heavy atom. The Hall–Kier alpha value is -3.30. The topological polar surface area (TPSA) is 109 Å². The van der Waals surface area contributed by atoms with Crippen LogP contribution in [0, 0.1) is 25.5 Å². The summed E-state index contributed by atoms with van der Waals surface area (Å²) in [5.41, 5.74) is 3.80. The minimum atomic E-state index is -1.11. The fourth-order valence-corrected chi connectivity index (χ4v) is 2.55. The second-order valence-electron chi connectivity index (χ2n) is 6.04. The van der Waals surface area contributed by atoms with Gasteiger partial charge in [0.1, 0.15) is 17.6 Å². The maximum absolute atomic E-state index is 13.4. The third kappa shape index (κ3) is 4.10. The Kier molecular flexibility index (Phi) is 5.15. The normalized spacial score (nSPS) is 15.9. The number of aryl methyl sites for hydroxylation is 2. The van der Waals surface area contributed by atoms with Crippen LogP contribution in [-0.4, -0.2) is 28.7 Å². The molecule has 2 heterocycles. The molecular weight excluding hydrogens is 360 g/mol. The van der Waals surface area contributed by atoms with E-state index in [1.54, 1.807) is 6.92 Å². The van der Waals surface area contributed by atoms with E-state index >= 15 is 0 Å². The average molecular weight is 377 g/mol. The van der Waals surface area contributed by atoms with Gasteiger partial charge in [0.25, 0.3) is 11.8 Å². The Bertz CT molecular complexity index is 925. The SMILES string of the molecule is Cc1cc(F)c(F)cc1C(=O)NC1CC(C(=O)NCc2ocnc2C)=NN1. The van der Waals surface area contributed by atoms with Crippen molar-refractivity contribution in [1.29, 1.82) is 0 Å². The Morgan fingerprint density at radius 3 is 2.70 bits per heavy atom. The molecule has 27 heavy (non-hydrogen) atoms. The molecule has 142 valence electrons. The molecule has 0 radical (unpaired) electrons. The highest BCUT2D eigenvalue weighted by Gasteiger charge is 2.26. The standard InChI is InChI=1S/C17H17F2N5O3/c1-8-3-11(18)12(19)4-10(8)16(25)22-15-5-13(23-24-15)17(26)20-6-14-9(2)21-7-27-14/h3-4,7,15,24H,5-6H2,1-2H3,(H,20,26)(H,22,25). The summed E-state index contributed by atoms with van der Waals surface area (Å²) >= 11 is 0. The lowest BCUT2D eigenvalue weighted by molar-refractivity contribution is -0.115. The fraction of sp³-hybridized carbons (Fsp3) is 0.294. The molecule has 1 aliphatic rings. The highest BCUT2D eigenvalue weighted by molar-refractivity contribution is 6.39. The van der Waals surface area contributed by atoms with Crippen molar-refractivity contribution in [2.45, 2.75) is 33.0 Å². The van der Waals surface area contributed by atoms with Gasteiger partial charge in [-0.25, -0.2) is 13.8 Å². The highest BCUT2D eigenvalue weighted by atomic mass is 19.2. The van der Waals surface area contributed by atoms with Crippen LogP contribution in [-0.2, 0) is 11.3 Å². The van der Waals surface area contributed by atoms with E-state index in [0.717, 1.165) is 12.1 Å². The molecule has 3 rings (SSSR count). The number of rotatable bonds is 5. The lowest BCUT2D eigenvalue weighted by atomic mass is 10.1. The molecular formula is C17H17F2N5O3. The van der Waals surface area contributed by atoms with Crippen molar-refractivity contribution in [3.63, 3.8) is 0 Å². The average Bonchev–Trinajstić information content (AvgIpc) is 3.25. The van der Waals surface area contributed by atoms with Gasteiger partial charge < -0.3 is 15.1 Å². The first-order valence-electron chi connectivity index (χ1n) is 8.11. The van der Waals surface area contributed by atoms with Crippen molar-refractivity contribution in [3.8, 4) is 0 Å². The summed E-state index contributed by atoms with van der Waals surface area (Å²) in [5.74, 6) is -2.61. The number of carbonyl (C=O) groups is 2. The molecule has 1 atom stereocenters. The summed E-state index contributed by atoms with van der Waals surface area (Å²) < 4.78 is 31.7. The first-order chi connectivity index (χ1) is 12.8. The number of hydrogen-bond acceptors (Lipinski definition) is 6. The molecule has 3 N–H and O–H groups in total. The van der Waals surface area contributed by atoms with E-state index in [-0.39, 0.29) is 24.2 Å². The van der Waals surface area contributed by atoms with E-state index in [0.29, 0.717) is 17.0 Å². The monoisotopic (exact) mass is 377 g/mol. The molecule has 0 spiro atoms. The number of benzene rings is 1. The minimum Gasteiger partial charge on any atom is -0.446 e. The van der Waals surface area contributed by atoms with E-state index in [4.69, 9.17) is 4.42 Å². The van der Waals surface area contributed by atoms with Crippen LogP contribution in [0.1, 0.15) is 33.8 Å². The molecule has 1 aromatic heterocycles. The quantitative estimate of drug-likeness (QED) is 0.728. The van der Waals surface area contributed by atoms with E-state index in [2.05, 4.69) is 26.1 Å². The van der Waals surface area contributed by atoms with Crippen molar-refractivity contribution >= 4 is 17.5 Å². The lowest BCUT2D eigenvalue weighted by Crippen LogP contribution is -2.42. The van der Waals surface area contributed by atoms with Gasteiger partial charge in [0, 0.05) is 12.0 Å². The van der Waals surface area contributed by atoms with Crippen LogP contribution < -0.4 is 16.1 Å². The van der Waals surface area contributed by atoms with E-state index < -0.39 is 29.6 Å². The molecule has 0 fully saturated rings. The smallest absolute Gasteiger partial charge is 0.267 e. The molecule has 0 bridgehead atoms. The predicted molar refractivity (Wildman–Crippen MR) is 90.6 cm³/mol. The molecule has 1 unspecified atom stereocenters. The molecule has 2 amide bonds. The summed E-state index contributed by atoms with van der Waals surface area (Å²) in [6.07, 6.45) is 0.783. The van der Waals surface area contributed by atoms with Gasteiger partial charge in [-0.1, -0.05) is 0 Å². The number of nitrogens with zero attached hydrogens (tertiary/aromatic N) is 2. The third-order valence-corrected chi connectivity index (χ3v) is 4.09. The fourth-order valence-electron chi connectivity index (χ4n) is 2.55. The summed E-state index contributed by atoms with van der Waals surface area (Å²) in [6.45, 7) is 3.42. The van der Waals surface area contributed by atoms with Gasteiger partial charge in [-0.05, 0) is 31.5 Å². The number of amides is 2. The number of carbonyl (C=O) groups excluding carboxylic acids is 2. The van der Waals surface area contributed by atoms with Gasteiger partial charge in [-0.15, -0.1) is 0 Å². The summed E-state index contributed by atoms with van der Waals surface area (Å²) in [5, 5.41) is 9.13. The molecule has 1 aromatic carbocycles. The van der Waals surface area contributed by atoms with Gasteiger partial charge >= 0.3 is 0 Å². The Morgan fingerprint density at radius 2 is 2.00 bits per heavy atom. The van der Waals surface area contributed by atoms with Crippen LogP contribution in [0.15, 0.2) is 28.0 Å². The van der Waals surface area contributed by atoms with Gasteiger partial charge in [0.15, 0.2) is 18.0 Å². The van der Waals surface area contributed by atoms with E-state index in [1.807, 2.05) is 0 Å². The van der Waals surface area contributed by atoms with Gasteiger partial charge in [-0.3, -0.25) is 15.0 Å². The maximum atomic E-state index is 13.4. The summed E-state index contributed by atoms with van der Waals surface area (Å²) in [4.78, 5) is 28.3. The molecule has 0 aliphatic carbocycles. The van der Waals surface area contributed by atoms with Crippen LogP contribution in [0.5, 0.6) is 0 Å². The molecule has 2 aromatic rings. The van der Waals surface area contributed by atoms with Crippen molar-refractivity contribution in [2.24, 2.45) is 5.10 Å². The first kappa shape index (κ1) is 18.5. The Balaban J connectivity index is 1.54. The van der Waals surface area contributed by atoms with Crippen LogP contribution in [0.25, 0.3) is 0 Å². The highest BCUT2D eigenvalue weighted by Crippen LogP contribution is 2.15. The molecule has 0 saturated heterocycles. The minimum absolute atomic E-state index is 0.00870. The summed E-state index contributed by atoms with van der Waals surface area (Å²) in [7, 11) is 0. The zero-order valence-corrected chi connectivity index (χ0v) is 14.6. The lowest BCUT2D eigenvalue weighted by Gasteiger charge is -2.14. The largest absolute Gasteiger partial charge is 0.446 e. The van der Waals surface area contributed by atoms with Crippen LogP contribution in [0.2, 0.25) is 0 Å². The van der Waals surface area contributed by atoms with Crippen molar-refractivity contribution in [3.05, 3.63) is 52.7 Å². The van der Waals surface area contributed by atoms with E-state index in [1.165, 1.54) is 13.3 Å². The van der Waals surface area contributed by atoms with Crippen molar-refractivity contribution in [2.75, 3.05) is 0 Å². The van der Waals surface area contributed by atoms with E-state index in [9.17, 15) is 18.4 Å². The third-order valence-electron chi connectivity index (χ3n) is 4.09. The number of nitrogens with one attached hydrogen (secondary N) is 3. The second kappa shape index (κ2) is 7.52. The van der Waals surface area contributed by atoms with Gasteiger partial charge in [-0.2, -0.15) is 5.10 Å². The zero-order valence-electron chi connectivity index (χ0n) is 14.6. The van der Waals surface area contributed by atoms with Crippen molar-refractivity contribution < 1.29 is 22.8 Å². The van der Waals surface area contributed by atoms with Crippen LogP contribution in [0.3, 0.4) is 0 Å². The van der Waals surface area contributed by atoms with Gasteiger partial charge in [0.05, 0.1) is 12.2 Å². The summed E-state index contributed by atoms with van der Waals surface area (Å²) in [6, 6.07) is 1.79. The maximum Gasteiger partial charge on any atom is 0.267 e. The van der Waals surface area contributed by atoms with Crippen LogP contribution >= 0.6 is 0 Å². The predicted octanol–water partition coefficient (Wildman–Crippen LogP) is 1.29. The number of aromatic nitrogens is 1. The number of oxazole rings is 1. The Labute approximate surface area is 153 Å². The molecule has 0 saturated carbocycles. The van der Waals surface area contributed by atoms with Crippen LogP contribution in [0.4, 0.5) is 8.78 Å².